The molecule has 0 aromatic heterocycles. The summed E-state index contributed by atoms with van der Waals surface area (Å²) in [4.78, 5) is 20.4. The van der Waals surface area contributed by atoms with Crippen LogP contribution >= 0.6 is 0 Å². The Morgan fingerprint density at radius 2 is 1.08 bits per heavy atom. The summed E-state index contributed by atoms with van der Waals surface area (Å²) in [6.07, 6.45) is 8.46. The molecule has 2 fully saturated rings. The second kappa shape index (κ2) is 10.9. The lowest BCUT2D eigenvalue weighted by atomic mass is 9.39. The fourth-order valence-corrected chi connectivity index (χ4v) is 7.01. The first-order valence-electron chi connectivity index (χ1n) is 14.3. The third-order valence-electron chi connectivity index (χ3n) is 9.10. The van der Waals surface area contributed by atoms with E-state index in [1.54, 1.807) is 0 Å². The highest BCUT2D eigenvalue weighted by atomic mass is 16.1. The van der Waals surface area contributed by atoms with Crippen molar-refractivity contribution >= 4 is 28.9 Å². The summed E-state index contributed by atoms with van der Waals surface area (Å²) < 4.78 is 0. The third kappa shape index (κ3) is 4.97. The van der Waals surface area contributed by atoms with Crippen molar-refractivity contribution in [2.75, 3.05) is 57.0 Å². The van der Waals surface area contributed by atoms with Crippen LogP contribution in [-0.4, -0.2) is 48.1 Å². The van der Waals surface area contributed by atoms with E-state index in [1.165, 1.54) is 33.8 Å². The Balaban J connectivity index is 1.59. The van der Waals surface area contributed by atoms with Gasteiger partial charge in [-0.1, -0.05) is 55.0 Å². The zero-order valence-electron chi connectivity index (χ0n) is 24.4. The molecule has 2 atom stereocenters. The van der Waals surface area contributed by atoms with E-state index in [9.17, 15) is 4.79 Å². The minimum Gasteiger partial charge on any atom is -0.378 e. The first kappa shape index (κ1) is 27.1. The molecule has 0 amide bonds. The second-order valence-electron chi connectivity index (χ2n) is 12.0. The zero-order valence-corrected chi connectivity index (χ0v) is 24.4. The first-order valence-corrected chi connectivity index (χ1v) is 14.3. The van der Waals surface area contributed by atoms with Gasteiger partial charge in [-0.15, -0.1) is 0 Å². The molecule has 3 aromatic rings. The molecule has 2 aliphatic carbocycles. The Kier molecular flexibility index (Phi) is 7.57. The highest BCUT2D eigenvalue weighted by molar-refractivity contribution is 5.90. The Bertz CT molecular complexity index is 1240. The lowest BCUT2D eigenvalue weighted by Crippen LogP contribution is -2.58. The molecule has 0 heterocycles. The van der Waals surface area contributed by atoms with E-state index < -0.39 is 0 Å². The Hall–Kier alpha value is -3.53. The fraction of sp³-hybridized carbons (Fsp3) is 0.400. The predicted octanol–water partition coefficient (Wildman–Crippen LogP) is 7.22. The molecule has 2 unspecified atom stereocenters. The van der Waals surface area contributed by atoms with Crippen molar-refractivity contribution in [3.05, 3.63) is 95.6 Å². The standard InChI is InChI=1S/C35H43N3O/c1-36(2)28-17-10-25(11-18-28)12-23-31-33(26-13-19-29(20-14-26)37(3)4)35(24-8-7-9-32(35)39)34(31)27-15-21-30(22-16-27)38(5)6/h10-23,31,33-34H,7-9,24H2,1-6H3. The number of anilines is 3. The van der Waals surface area contributed by atoms with E-state index in [2.05, 4.69) is 142 Å². The van der Waals surface area contributed by atoms with Gasteiger partial charge in [-0.05, 0) is 71.8 Å². The number of nitrogens with zero attached hydrogens (tertiary/aromatic N) is 3. The van der Waals surface area contributed by atoms with Gasteiger partial charge in [-0.25, -0.2) is 0 Å². The van der Waals surface area contributed by atoms with Gasteiger partial charge in [-0.3, -0.25) is 4.79 Å². The molecule has 4 heteroatoms. The van der Waals surface area contributed by atoms with Gasteiger partial charge in [0.2, 0.25) is 0 Å². The molecule has 4 nitrogen and oxygen atoms in total. The highest BCUT2D eigenvalue weighted by Gasteiger charge is 2.65. The molecule has 3 aromatic carbocycles. The molecule has 0 bridgehead atoms. The number of Topliss-reactive ketones (excluding diaryl/α,β-unsaturated/α-hetero) is 1. The molecular formula is C35H43N3O. The zero-order chi connectivity index (χ0) is 27.7. The van der Waals surface area contributed by atoms with Crippen molar-refractivity contribution in [2.24, 2.45) is 11.3 Å². The highest BCUT2D eigenvalue weighted by Crippen LogP contribution is 2.70. The number of hydrogen-bond donors (Lipinski definition) is 0. The van der Waals surface area contributed by atoms with E-state index in [1.807, 2.05) is 0 Å². The molecule has 2 saturated carbocycles. The molecule has 1 spiro atoms. The molecule has 0 aliphatic heterocycles. The van der Waals surface area contributed by atoms with Gasteiger partial charge in [-0.2, -0.15) is 0 Å². The van der Waals surface area contributed by atoms with Gasteiger partial charge in [0.15, 0.2) is 0 Å². The van der Waals surface area contributed by atoms with Crippen LogP contribution in [-0.2, 0) is 4.79 Å². The molecule has 39 heavy (non-hydrogen) atoms. The summed E-state index contributed by atoms with van der Waals surface area (Å²) in [5.74, 6) is 1.06. The number of carbonyl (C=O) groups is 1. The third-order valence-corrected chi connectivity index (χ3v) is 9.10. The van der Waals surface area contributed by atoms with Crippen molar-refractivity contribution in [3.63, 3.8) is 0 Å². The minimum absolute atomic E-state index is 0.178. The van der Waals surface area contributed by atoms with Crippen LogP contribution in [0.25, 0.3) is 6.08 Å². The second-order valence-corrected chi connectivity index (χ2v) is 12.0. The summed E-state index contributed by atoms with van der Waals surface area (Å²) in [6.45, 7) is 0. The Morgan fingerprint density at radius 3 is 1.49 bits per heavy atom. The van der Waals surface area contributed by atoms with Crippen LogP contribution in [0.2, 0.25) is 0 Å². The maximum absolute atomic E-state index is 14.0. The van der Waals surface area contributed by atoms with Crippen LogP contribution in [0.5, 0.6) is 0 Å². The first-order chi connectivity index (χ1) is 18.7. The van der Waals surface area contributed by atoms with Crippen molar-refractivity contribution in [1.82, 2.24) is 0 Å². The molecular weight excluding hydrogens is 478 g/mol. The van der Waals surface area contributed by atoms with Crippen molar-refractivity contribution in [2.45, 2.75) is 37.5 Å². The Morgan fingerprint density at radius 1 is 0.641 bits per heavy atom. The lowest BCUT2D eigenvalue weighted by molar-refractivity contribution is -0.146. The van der Waals surface area contributed by atoms with Crippen LogP contribution in [0.3, 0.4) is 0 Å². The maximum Gasteiger partial charge on any atom is 0.140 e. The fourth-order valence-electron chi connectivity index (χ4n) is 7.01. The van der Waals surface area contributed by atoms with Crippen LogP contribution in [0.1, 0.15) is 54.2 Å². The van der Waals surface area contributed by atoms with Crippen LogP contribution < -0.4 is 14.7 Å². The van der Waals surface area contributed by atoms with Gasteiger partial charge < -0.3 is 14.7 Å². The minimum atomic E-state index is -0.346. The number of ketones is 1. The summed E-state index contributed by atoms with van der Waals surface area (Å²) in [5, 5.41) is 0. The molecule has 204 valence electrons. The van der Waals surface area contributed by atoms with E-state index >= 15 is 0 Å². The van der Waals surface area contributed by atoms with E-state index in [4.69, 9.17) is 0 Å². The molecule has 0 radical (unpaired) electrons. The van der Waals surface area contributed by atoms with Gasteiger partial charge in [0.05, 0.1) is 0 Å². The number of benzene rings is 3. The number of carbonyl (C=O) groups excluding carboxylic acids is 1. The van der Waals surface area contributed by atoms with E-state index in [0.717, 1.165) is 19.3 Å². The predicted molar refractivity (Wildman–Crippen MR) is 166 cm³/mol. The molecule has 5 rings (SSSR count). The summed E-state index contributed by atoms with van der Waals surface area (Å²) in [7, 11) is 12.4. The summed E-state index contributed by atoms with van der Waals surface area (Å²) >= 11 is 0. The smallest absolute Gasteiger partial charge is 0.140 e. The normalized spacial score (nSPS) is 24.6. The van der Waals surface area contributed by atoms with Crippen LogP contribution in [0.4, 0.5) is 17.1 Å². The van der Waals surface area contributed by atoms with Crippen molar-refractivity contribution in [1.29, 1.82) is 0 Å². The summed E-state index contributed by atoms with van der Waals surface area (Å²) in [5.41, 5.74) is 6.99. The monoisotopic (exact) mass is 521 g/mol. The average Bonchev–Trinajstić information content (AvgIpc) is 2.92. The van der Waals surface area contributed by atoms with E-state index in [-0.39, 0.29) is 23.2 Å². The van der Waals surface area contributed by atoms with Gasteiger partial charge in [0.1, 0.15) is 5.78 Å². The molecule has 2 aliphatic rings. The average molecular weight is 522 g/mol. The Labute approximate surface area is 234 Å². The van der Waals surface area contributed by atoms with Gasteiger partial charge in [0, 0.05) is 83.0 Å². The largest absolute Gasteiger partial charge is 0.378 e. The van der Waals surface area contributed by atoms with E-state index in [0.29, 0.717) is 12.2 Å². The maximum atomic E-state index is 14.0. The number of rotatable bonds is 7. The lowest BCUT2D eigenvalue weighted by Gasteiger charge is -2.62. The van der Waals surface area contributed by atoms with Crippen molar-refractivity contribution in [3.8, 4) is 0 Å². The van der Waals surface area contributed by atoms with Gasteiger partial charge >= 0.3 is 0 Å². The molecule has 0 N–H and O–H groups in total. The van der Waals surface area contributed by atoms with Crippen LogP contribution in [0, 0.1) is 11.3 Å². The van der Waals surface area contributed by atoms with Crippen molar-refractivity contribution < 1.29 is 4.79 Å². The van der Waals surface area contributed by atoms with Gasteiger partial charge in [0.25, 0.3) is 0 Å². The summed E-state index contributed by atoms with van der Waals surface area (Å²) in [6, 6.07) is 26.6. The number of hydrogen-bond acceptors (Lipinski definition) is 4. The molecule has 0 saturated heterocycles. The SMILES string of the molecule is CN(C)c1ccc(C=CC2C(c3ccc(N(C)C)cc3)C3(CCCCC3=O)C2c2ccc(N(C)C)cc2)cc1. The number of allylic oxidation sites excluding steroid dienone is 1. The quantitative estimate of drug-likeness (QED) is 0.328. The topological polar surface area (TPSA) is 26.8 Å². The van der Waals surface area contributed by atoms with Crippen LogP contribution in [0.15, 0.2) is 78.9 Å².